The lowest BCUT2D eigenvalue weighted by molar-refractivity contribution is -0.182. The Kier molecular flexibility index (Phi) is 5.85. The number of aromatic nitrogens is 3. The molecule has 1 saturated carbocycles. The summed E-state index contributed by atoms with van der Waals surface area (Å²) in [5, 5.41) is 4.71. The van der Waals surface area contributed by atoms with Crippen molar-refractivity contribution in [2.24, 2.45) is 5.92 Å². The third-order valence-electron chi connectivity index (χ3n) is 6.38. The van der Waals surface area contributed by atoms with Crippen LogP contribution < -0.4 is 0 Å². The minimum atomic E-state index is -4.13. The Balaban J connectivity index is 1.60. The summed E-state index contributed by atoms with van der Waals surface area (Å²) >= 11 is 0. The third-order valence-corrected chi connectivity index (χ3v) is 6.38. The van der Waals surface area contributed by atoms with Gasteiger partial charge in [-0.3, -0.25) is 0 Å². The molecule has 7 nitrogen and oxygen atoms in total. The molecule has 2 atom stereocenters. The van der Waals surface area contributed by atoms with Gasteiger partial charge in [-0.05, 0) is 45.6 Å². The molecule has 1 amide bonds. The predicted molar refractivity (Wildman–Crippen MR) is 106 cm³/mol. The summed E-state index contributed by atoms with van der Waals surface area (Å²) in [6.07, 6.45) is -3.79. The number of rotatable bonds is 2. The predicted octanol–water partition coefficient (Wildman–Crippen LogP) is 4.40. The van der Waals surface area contributed by atoms with Crippen LogP contribution in [-0.4, -0.2) is 58.1 Å². The van der Waals surface area contributed by atoms with E-state index in [2.05, 4.69) is 4.98 Å². The first-order valence-corrected chi connectivity index (χ1v) is 10.6. The molecule has 2 aromatic heterocycles. The lowest BCUT2D eigenvalue weighted by atomic mass is 9.80. The van der Waals surface area contributed by atoms with Crippen LogP contribution in [0.3, 0.4) is 0 Å². The van der Waals surface area contributed by atoms with Crippen molar-refractivity contribution in [3.63, 3.8) is 0 Å². The Labute approximate surface area is 178 Å². The molecule has 0 spiro atoms. The molecular weight excluding hydrogens is 413 g/mol. The summed E-state index contributed by atoms with van der Waals surface area (Å²) in [7, 11) is 1.35. The summed E-state index contributed by atoms with van der Waals surface area (Å²) in [6.45, 7) is 4.44. The van der Waals surface area contributed by atoms with Crippen LogP contribution in [0.1, 0.15) is 61.7 Å². The van der Waals surface area contributed by atoms with Crippen molar-refractivity contribution in [3.05, 3.63) is 29.2 Å². The zero-order valence-corrected chi connectivity index (χ0v) is 17.9. The number of fused-ring (bicyclic) bond motifs is 1. The van der Waals surface area contributed by atoms with E-state index in [1.165, 1.54) is 7.11 Å². The minimum absolute atomic E-state index is 0.0210. The normalized spacial score (nSPS) is 27.5. The number of hydrogen-bond donors (Lipinski definition) is 0. The van der Waals surface area contributed by atoms with E-state index in [0.29, 0.717) is 31.6 Å². The number of aryl methyl sites for hydroxylation is 1. The first-order valence-electron chi connectivity index (χ1n) is 10.6. The Hall–Kier alpha value is -2.36. The van der Waals surface area contributed by atoms with E-state index in [0.717, 1.165) is 17.1 Å². The van der Waals surface area contributed by atoms with Crippen LogP contribution in [0, 0.1) is 12.8 Å². The molecule has 3 heterocycles. The summed E-state index contributed by atoms with van der Waals surface area (Å²) in [5.41, 5.74) is 2.93. The van der Waals surface area contributed by atoms with Crippen LogP contribution >= 0.6 is 0 Å². The van der Waals surface area contributed by atoms with Crippen LogP contribution in [0.15, 0.2) is 12.1 Å². The summed E-state index contributed by atoms with van der Waals surface area (Å²) in [4.78, 5) is 18.3. The first-order chi connectivity index (χ1) is 14.7. The molecule has 4 rings (SSSR count). The van der Waals surface area contributed by atoms with Crippen LogP contribution in [0.25, 0.3) is 5.65 Å². The second-order valence-corrected chi connectivity index (χ2v) is 8.55. The maximum absolute atomic E-state index is 13.0. The Morgan fingerprint density at radius 3 is 2.58 bits per heavy atom. The lowest BCUT2D eigenvalue weighted by Crippen LogP contribution is -2.48. The maximum atomic E-state index is 13.0. The van der Waals surface area contributed by atoms with Gasteiger partial charge in [-0.2, -0.15) is 18.3 Å². The second-order valence-electron chi connectivity index (χ2n) is 8.55. The number of hydrogen-bond acceptors (Lipinski definition) is 5. The molecule has 31 heavy (non-hydrogen) atoms. The van der Waals surface area contributed by atoms with Crippen molar-refractivity contribution in [1.82, 2.24) is 19.5 Å². The molecule has 0 bridgehead atoms. The molecule has 0 N–H and O–H groups in total. The highest BCUT2D eigenvalue weighted by atomic mass is 19.4. The zero-order chi connectivity index (χ0) is 22.3. The molecule has 0 radical (unpaired) electrons. The van der Waals surface area contributed by atoms with Gasteiger partial charge in [-0.25, -0.2) is 14.3 Å². The fourth-order valence-electron chi connectivity index (χ4n) is 4.60. The molecule has 0 aromatic carbocycles. The van der Waals surface area contributed by atoms with Gasteiger partial charge in [0.25, 0.3) is 0 Å². The molecule has 1 saturated heterocycles. The van der Waals surface area contributed by atoms with Crippen molar-refractivity contribution in [1.29, 1.82) is 0 Å². The minimum Gasteiger partial charge on any atom is -0.453 e. The molecule has 2 fully saturated rings. The van der Waals surface area contributed by atoms with E-state index in [9.17, 15) is 18.0 Å². The SMILES string of the molecule is COC(=O)N1C[C@@H](c2cc(C)nc3cc(C4CCC(C(F)(F)F)CC4)nn23)OC[C@@H]1C. The van der Waals surface area contributed by atoms with E-state index in [4.69, 9.17) is 14.6 Å². The molecule has 170 valence electrons. The van der Waals surface area contributed by atoms with E-state index in [-0.39, 0.29) is 24.8 Å². The van der Waals surface area contributed by atoms with E-state index < -0.39 is 24.3 Å². The van der Waals surface area contributed by atoms with Gasteiger partial charge in [-0.1, -0.05) is 0 Å². The zero-order valence-electron chi connectivity index (χ0n) is 17.9. The number of halogens is 3. The van der Waals surface area contributed by atoms with Gasteiger partial charge < -0.3 is 14.4 Å². The first kappa shape index (κ1) is 21.9. The maximum Gasteiger partial charge on any atom is 0.409 e. The van der Waals surface area contributed by atoms with E-state index >= 15 is 0 Å². The fraction of sp³-hybridized carbons (Fsp3) is 0.667. The highest BCUT2D eigenvalue weighted by Crippen LogP contribution is 2.42. The highest BCUT2D eigenvalue weighted by molar-refractivity contribution is 5.68. The van der Waals surface area contributed by atoms with Crippen LogP contribution in [0.4, 0.5) is 18.0 Å². The summed E-state index contributed by atoms with van der Waals surface area (Å²) in [5.74, 6) is -1.24. The monoisotopic (exact) mass is 440 g/mol. The molecule has 1 aliphatic heterocycles. The summed E-state index contributed by atoms with van der Waals surface area (Å²) < 4.78 is 51.6. The average molecular weight is 440 g/mol. The quantitative estimate of drug-likeness (QED) is 0.692. The standard InChI is InChI=1S/C21H27F3N4O3/c1-12-8-17(18-10-27(20(29)30-3)13(2)11-31-18)28-19(25-12)9-16(26-28)14-4-6-15(7-5-14)21(22,23)24/h8-9,13-15,18H,4-7,10-11H2,1-3H3/t13-,14?,15?,18-/m0/s1. The molecule has 10 heteroatoms. The third kappa shape index (κ3) is 4.35. The molecule has 2 aliphatic rings. The van der Waals surface area contributed by atoms with E-state index in [1.807, 2.05) is 26.0 Å². The number of nitrogens with zero attached hydrogens (tertiary/aromatic N) is 4. The van der Waals surface area contributed by atoms with Gasteiger partial charge in [0.15, 0.2) is 5.65 Å². The highest BCUT2D eigenvalue weighted by Gasteiger charge is 2.42. The number of methoxy groups -OCH3 is 1. The second kappa shape index (κ2) is 8.29. The Bertz CT molecular complexity index is 953. The molecule has 2 aromatic rings. The largest absolute Gasteiger partial charge is 0.453 e. The fourth-order valence-corrected chi connectivity index (χ4v) is 4.60. The molecular formula is C21H27F3N4O3. The van der Waals surface area contributed by atoms with Crippen molar-refractivity contribution < 1.29 is 27.4 Å². The number of amides is 1. The van der Waals surface area contributed by atoms with Crippen molar-refractivity contribution in [2.45, 2.75) is 63.8 Å². The molecule has 0 unspecified atom stereocenters. The van der Waals surface area contributed by atoms with Crippen LogP contribution in [-0.2, 0) is 9.47 Å². The van der Waals surface area contributed by atoms with Gasteiger partial charge >= 0.3 is 12.3 Å². The van der Waals surface area contributed by atoms with Crippen molar-refractivity contribution in [3.8, 4) is 0 Å². The van der Waals surface area contributed by atoms with Gasteiger partial charge in [0.2, 0.25) is 0 Å². The number of alkyl halides is 3. The number of carbonyl (C=O) groups is 1. The van der Waals surface area contributed by atoms with Crippen molar-refractivity contribution >= 4 is 11.7 Å². The van der Waals surface area contributed by atoms with Crippen molar-refractivity contribution in [2.75, 3.05) is 20.3 Å². The van der Waals surface area contributed by atoms with Gasteiger partial charge in [0.05, 0.1) is 43.6 Å². The Morgan fingerprint density at radius 2 is 1.94 bits per heavy atom. The summed E-state index contributed by atoms with van der Waals surface area (Å²) in [6, 6.07) is 3.62. The van der Waals surface area contributed by atoms with Gasteiger partial charge in [-0.15, -0.1) is 0 Å². The molecule has 1 aliphatic carbocycles. The number of morpholine rings is 1. The van der Waals surface area contributed by atoms with Crippen LogP contribution in [0.2, 0.25) is 0 Å². The topological polar surface area (TPSA) is 69.0 Å². The average Bonchev–Trinajstić information content (AvgIpc) is 3.16. The Morgan fingerprint density at radius 1 is 1.23 bits per heavy atom. The van der Waals surface area contributed by atoms with Crippen LogP contribution in [0.5, 0.6) is 0 Å². The number of ether oxygens (including phenoxy) is 2. The van der Waals surface area contributed by atoms with E-state index in [1.54, 1.807) is 9.42 Å². The lowest BCUT2D eigenvalue weighted by Gasteiger charge is -2.37. The van der Waals surface area contributed by atoms with Gasteiger partial charge in [0.1, 0.15) is 6.10 Å². The van der Waals surface area contributed by atoms with Gasteiger partial charge in [0, 0.05) is 17.7 Å². The number of carbonyl (C=O) groups excluding carboxylic acids is 1. The smallest absolute Gasteiger partial charge is 0.409 e.